The third-order valence-corrected chi connectivity index (χ3v) is 5.99. The number of hydrogen-bond donors (Lipinski definition) is 1. The first-order chi connectivity index (χ1) is 16.3. The summed E-state index contributed by atoms with van der Waals surface area (Å²) in [4.78, 5) is 12.7. The minimum absolute atomic E-state index is 0.0636. The van der Waals surface area contributed by atoms with Crippen molar-refractivity contribution >= 4 is 52.5 Å². The Bertz CT molecular complexity index is 1280. The monoisotopic (exact) mass is 514 g/mol. The summed E-state index contributed by atoms with van der Waals surface area (Å²) in [7, 11) is 0. The van der Waals surface area contributed by atoms with Crippen molar-refractivity contribution in [2.75, 3.05) is 11.9 Å². The summed E-state index contributed by atoms with van der Waals surface area (Å²) in [5.74, 6) is 0.466. The third kappa shape index (κ3) is 6.45. The second kappa shape index (κ2) is 11.8. The van der Waals surface area contributed by atoms with Gasteiger partial charge in [-0.1, -0.05) is 53.0 Å². The molecule has 0 heterocycles. The van der Waals surface area contributed by atoms with E-state index in [1.54, 1.807) is 55.5 Å². The van der Waals surface area contributed by atoms with Gasteiger partial charge in [0.15, 0.2) is 11.5 Å². The van der Waals surface area contributed by atoms with Crippen LogP contribution in [0.25, 0.3) is 6.08 Å². The molecule has 1 amide bonds. The van der Waals surface area contributed by atoms with Crippen LogP contribution >= 0.6 is 34.8 Å². The number of carbonyl (C=O) groups excluding carboxylic acids is 1. The Morgan fingerprint density at radius 1 is 1.00 bits per heavy atom. The molecule has 0 aliphatic heterocycles. The number of ether oxygens (including phenoxy) is 2. The van der Waals surface area contributed by atoms with Gasteiger partial charge >= 0.3 is 0 Å². The molecule has 8 heteroatoms. The second-order valence-corrected chi connectivity index (χ2v) is 8.43. The van der Waals surface area contributed by atoms with Crippen molar-refractivity contribution < 1.29 is 14.3 Å². The first kappa shape index (κ1) is 25.5. The SMILES string of the molecule is CCOc1cc(/C=C(\C#N)C(=O)Nc2cccc(Cl)c2C)ccc1OCc1ccc(Cl)c(Cl)c1. The molecule has 0 fully saturated rings. The topological polar surface area (TPSA) is 71.3 Å². The number of halogens is 3. The highest BCUT2D eigenvalue weighted by atomic mass is 35.5. The largest absolute Gasteiger partial charge is 0.490 e. The van der Waals surface area contributed by atoms with E-state index in [0.29, 0.717) is 44.4 Å². The Kier molecular flexibility index (Phi) is 8.84. The fraction of sp³-hybridized carbons (Fsp3) is 0.154. The van der Waals surface area contributed by atoms with Crippen molar-refractivity contribution in [1.29, 1.82) is 5.26 Å². The summed E-state index contributed by atoms with van der Waals surface area (Å²) < 4.78 is 11.6. The molecule has 0 atom stereocenters. The lowest BCUT2D eigenvalue weighted by Gasteiger charge is -2.13. The molecule has 1 N–H and O–H groups in total. The van der Waals surface area contributed by atoms with E-state index >= 15 is 0 Å². The molecule has 34 heavy (non-hydrogen) atoms. The Morgan fingerprint density at radius 3 is 2.50 bits per heavy atom. The predicted octanol–water partition coefficient (Wildman–Crippen LogP) is 7.48. The molecule has 0 radical (unpaired) electrons. The van der Waals surface area contributed by atoms with E-state index in [9.17, 15) is 10.1 Å². The van der Waals surface area contributed by atoms with Gasteiger partial charge in [0, 0.05) is 10.7 Å². The maximum Gasteiger partial charge on any atom is 0.266 e. The molecular formula is C26H21Cl3N2O3. The summed E-state index contributed by atoms with van der Waals surface area (Å²) in [5, 5.41) is 13.7. The van der Waals surface area contributed by atoms with Gasteiger partial charge in [0.2, 0.25) is 0 Å². The van der Waals surface area contributed by atoms with Gasteiger partial charge < -0.3 is 14.8 Å². The summed E-state index contributed by atoms with van der Waals surface area (Å²) in [6.07, 6.45) is 1.49. The molecule has 0 bridgehead atoms. The Morgan fingerprint density at radius 2 is 1.79 bits per heavy atom. The zero-order valence-electron chi connectivity index (χ0n) is 18.5. The van der Waals surface area contributed by atoms with Gasteiger partial charge in [-0.3, -0.25) is 4.79 Å². The Balaban J connectivity index is 1.80. The van der Waals surface area contributed by atoms with E-state index in [1.165, 1.54) is 6.08 Å². The molecular weight excluding hydrogens is 495 g/mol. The molecule has 0 spiro atoms. The number of benzene rings is 3. The van der Waals surface area contributed by atoms with Crippen molar-refractivity contribution in [1.82, 2.24) is 0 Å². The lowest BCUT2D eigenvalue weighted by molar-refractivity contribution is -0.112. The van der Waals surface area contributed by atoms with E-state index in [4.69, 9.17) is 44.3 Å². The third-order valence-electron chi connectivity index (χ3n) is 4.84. The van der Waals surface area contributed by atoms with Crippen LogP contribution in [-0.4, -0.2) is 12.5 Å². The number of nitrogens with one attached hydrogen (secondary N) is 1. The zero-order valence-corrected chi connectivity index (χ0v) is 20.8. The first-order valence-corrected chi connectivity index (χ1v) is 11.5. The van der Waals surface area contributed by atoms with Crippen LogP contribution in [0, 0.1) is 18.3 Å². The van der Waals surface area contributed by atoms with Gasteiger partial charge in [0.25, 0.3) is 5.91 Å². The maximum absolute atomic E-state index is 12.7. The normalized spacial score (nSPS) is 11.0. The van der Waals surface area contributed by atoms with Crippen LogP contribution in [0.1, 0.15) is 23.6 Å². The van der Waals surface area contributed by atoms with Crippen molar-refractivity contribution in [2.45, 2.75) is 20.5 Å². The maximum atomic E-state index is 12.7. The predicted molar refractivity (Wildman–Crippen MR) is 137 cm³/mol. The number of nitriles is 1. The average molecular weight is 516 g/mol. The fourth-order valence-corrected chi connectivity index (χ4v) is 3.54. The average Bonchev–Trinajstić information content (AvgIpc) is 2.82. The number of hydrogen-bond acceptors (Lipinski definition) is 4. The highest BCUT2D eigenvalue weighted by Crippen LogP contribution is 2.31. The molecule has 0 saturated heterocycles. The van der Waals surface area contributed by atoms with Crippen LogP contribution in [0.2, 0.25) is 15.1 Å². The molecule has 0 aliphatic rings. The number of carbonyl (C=O) groups is 1. The van der Waals surface area contributed by atoms with E-state index in [0.717, 1.165) is 11.1 Å². The number of rotatable bonds is 8. The van der Waals surface area contributed by atoms with Crippen LogP contribution in [0.15, 0.2) is 60.2 Å². The van der Waals surface area contributed by atoms with E-state index < -0.39 is 5.91 Å². The Labute approximate surface area is 213 Å². The van der Waals surface area contributed by atoms with Crippen LogP contribution < -0.4 is 14.8 Å². The quantitative estimate of drug-likeness (QED) is 0.249. The van der Waals surface area contributed by atoms with Gasteiger partial charge in [0.05, 0.1) is 16.7 Å². The molecule has 0 aliphatic carbocycles. The van der Waals surface area contributed by atoms with Gasteiger partial charge in [-0.25, -0.2) is 0 Å². The molecule has 5 nitrogen and oxygen atoms in total. The van der Waals surface area contributed by atoms with E-state index in [2.05, 4.69) is 5.32 Å². The van der Waals surface area contributed by atoms with Crippen LogP contribution in [0.5, 0.6) is 11.5 Å². The Hall–Kier alpha value is -3.17. The first-order valence-electron chi connectivity index (χ1n) is 10.3. The van der Waals surface area contributed by atoms with Crippen molar-refractivity contribution in [2.24, 2.45) is 0 Å². The van der Waals surface area contributed by atoms with E-state index in [-0.39, 0.29) is 12.2 Å². The van der Waals surface area contributed by atoms with Crippen LogP contribution in [0.4, 0.5) is 5.69 Å². The van der Waals surface area contributed by atoms with Gasteiger partial charge in [-0.2, -0.15) is 5.26 Å². The lowest BCUT2D eigenvalue weighted by atomic mass is 10.1. The highest BCUT2D eigenvalue weighted by Gasteiger charge is 2.13. The molecule has 3 aromatic carbocycles. The smallest absolute Gasteiger partial charge is 0.266 e. The van der Waals surface area contributed by atoms with Crippen LogP contribution in [0.3, 0.4) is 0 Å². The second-order valence-electron chi connectivity index (χ2n) is 7.21. The standard InChI is InChI=1S/C26H21Cl3N2O3/c1-3-33-25-13-17(8-10-24(25)34-15-18-7-9-21(28)22(29)12-18)11-19(14-30)26(32)31-23-6-4-5-20(27)16(23)2/h4-13H,3,15H2,1-2H3,(H,31,32)/b19-11+. The van der Waals surface area contributed by atoms with Gasteiger partial charge in [0.1, 0.15) is 18.2 Å². The molecule has 174 valence electrons. The zero-order chi connectivity index (χ0) is 24.7. The number of nitrogens with zero attached hydrogens (tertiary/aromatic N) is 1. The summed E-state index contributed by atoms with van der Waals surface area (Å²) in [6, 6.07) is 17.6. The summed E-state index contributed by atoms with van der Waals surface area (Å²) in [6.45, 7) is 4.32. The summed E-state index contributed by atoms with van der Waals surface area (Å²) >= 11 is 18.1. The molecule has 0 saturated carbocycles. The van der Waals surface area contributed by atoms with Gasteiger partial charge in [-0.05, 0) is 73.0 Å². The minimum Gasteiger partial charge on any atom is -0.490 e. The fourth-order valence-electron chi connectivity index (χ4n) is 3.04. The molecule has 3 rings (SSSR count). The van der Waals surface area contributed by atoms with Crippen LogP contribution in [-0.2, 0) is 11.4 Å². The van der Waals surface area contributed by atoms with E-state index in [1.807, 2.05) is 19.1 Å². The van der Waals surface area contributed by atoms with Crippen molar-refractivity contribution in [3.63, 3.8) is 0 Å². The molecule has 3 aromatic rings. The summed E-state index contributed by atoms with van der Waals surface area (Å²) in [5.41, 5.74) is 2.66. The molecule has 0 aromatic heterocycles. The molecule has 0 unspecified atom stereocenters. The van der Waals surface area contributed by atoms with Gasteiger partial charge in [-0.15, -0.1) is 0 Å². The minimum atomic E-state index is -0.536. The highest BCUT2D eigenvalue weighted by molar-refractivity contribution is 6.42. The number of anilines is 1. The van der Waals surface area contributed by atoms with Crippen molar-refractivity contribution in [3.8, 4) is 17.6 Å². The number of amides is 1. The van der Waals surface area contributed by atoms with Crippen molar-refractivity contribution in [3.05, 3.63) is 91.9 Å². The lowest BCUT2D eigenvalue weighted by Crippen LogP contribution is -2.14.